The van der Waals surface area contributed by atoms with Crippen molar-refractivity contribution in [2.45, 2.75) is 103 Å². The Labute approximate surface area is 282 Å². The molecule has 16 nitrogen and oxygen atoms in total. The third kappa shape index (κ3) is 6.96. The standard InChI is InChI=1S/C33H44O16/c1-15(2)10-23(39)49-28-25(44-17(4)36)27(45-18(5)37)31(7)21(47-24(40)13-35)9-8-20(12-34)11-22-33(42,16(3)30(41)48-22)29(46-19(6)38)26(31)32(28)14-43-32/h8-9,11,15-16,21-22,25-29,34-35,42H,10,12-14H2,1-7H3. The molecule has 0 amide bonds. The maximum absolute atomic E-state index is 13.3. The molecule has 2 saturated heterocycles. The van der Waals surface area contributed by atoms with Crippen LogP contribution in [0.1, 0.15) is 54.9 Å². The first kappa shape index (κ1) is 38.0. The average Bonchev–Trinajstić information content (AvgIpc) is 3.75. The molecule has 0 bridgehead atoms. The van der Waals surface area contributed by atoms with Crippen molar-refractivity contribution in [1.29, 1.82) is 0 Å². The molecule has 1 spiro atoms. The fourth-order valence-corrected chi connectivity index (χ4v) is 7.46. The van der Waals surface area contributed by atoms with Gasteiger partial charge in [-0.05, 0) is 30.6 Å². The van der Waals surface area contributed by atoms with Crippen LogP contribution in [0.25, 0.3) is 0 Å². The predicted octanol–water partition coefficient (Wildman–Crippen LogP) is -0.170. The number of carbonyl (C=O) groups excluding carboxylic acids is 6. The molecule has 0 aromatic heterocycles. The van der Waals surface area contributed by atoms with Crippen molar-refractivity contribution in [3.8, 4) is 0 Å². The first-order valence-corrected chi connectivity index (χ1v) is 15.9. The van der Waals surface area contributed by atoms with Crippen LogP contribution in [0.5, 0.6) is 0 Å². The summed E-state index contributed by atoms with van der Waals surface area (Å²) in [5.41, 5.74) is -6.14. The van der Waals surface area contributed by atoms with Crippen molar-refractivity contribution < 1.29 is 77.2 Å². The van der Waals surface area contributed by atoms with Crippen molar-refractivity contribution in [3.05, 3.63) is 23.8 Å². The molecule has 4 rings (SSSR count). The first-order valence-electron chi connectivity index (χ1n) is 15.9. The molecule has 3 fully saturated rings. The minimum Gasteiger partial charge on any atom is -0.459 e. The third-order valence-corrected chi connectivity index (χ3v) is 9.63. The van der Waals surface area contributed by atoms with Crippen LogP contribution in [0.3, 0.4) is 0 Å². The Morgan fingerprint density at radius 3 is 2.02 bits per heavy atom. The highest BCUT2D eigenvalue weighted by Gasteiger charge is 2.81. The lowest BCUT2D eigenvalue weighted by Gasteiger charge is -2.59. The summed E-state index contributed by atoms with van der Waals surface area (Å²) in [6.45, 7) is 7.43. The Hall–Kier alpha value is -3.86. The highest BCUT2D eigenvalue weighted by atomic mass is 16.7. The molecule has 1 saturated carbocycles. The van der Waals surface area contributed by atoms with E-state index in [0.717, 1.165) is 20.8 Å². The number of fused-ring (bicyclic) bond motifs is 3. The summed E-state index contributed by atoms with van der Waals surface area (Å²) in [6.07, 6.45) is -6.12. The van der Waals surface area contributed by atoms with Gasteiger partial charge in [-0.3, -0.25) is 24.0 Å². The van der Waals surface area contributed by atoms with Gasteiger partial charge < -0.3 is 48.5 Å². The van der Waals surface area contributed by atoms with E-state index >= 15 is 0 Å². The minimum absolute atomic E-state index is 0.0632. The number of esters is 6. The minimum atomic E-state index is -2.44. The molecule has 3 N–H and O–H groups in total. The molecule has 272 valence electrons. The number of hydrogen-bond acceptors (Lipinski definition) is 16. The van der Waals surface area contributed by atoms with Crippen molar-refractivity contribution in [2.75, 3.05) is 19.8 Å². The fraction of sp³-hybridized carbons (Fsp3) is 0.697. The second-order valence-corrected chi connectivity index (χ2v) is 13.5. The molecule has 2 heterocycles. The smallest absolute Gasteiger partial charge is 0.332 e. The number of ether oxygens (including phenoxy) is 7. The summed E-state index contributed by atoms with van der Waals surface area (Å²) < 4.78 is 40.9. The Morgan fingerprint density at radius 2 is 1.51 bits per heavy atom. The molecule has 0 aromatic rings. The highest BCUT2D eigenvalue weighted by molar-refractivity contribution is 5.78. The highest BCUT2D eigenvalue weighted by Crippen LogP contribution is 2.63. The van der Waals surface area contributed by atoms with Crippen molar-refractivity contribution in [1.82, 2.24) is 0 Å². The topological polar surface area (TPSA) is 231 Å². The van der Waals surface area contributed by atoms with E-state index in [1.807, 2.05) is 0 Å². The Morgan fingerprint density at radius 1 is 0.918 bits per heavy atom. The molecular weight excluding hydrogens is 652 g/mol. The van der Waals surface area contributed by atoms with Gasteiger partial charge >= 0.3 is 35.8 Å². The van der Waals surface area contributed by atoms with E-state index in [4.69, 9.17) is 33.2 Å². The summed E-state index contributed by atoms with van der Waals surface area (Å²) in [7, 11) is 0. The van der Waals surface area contributed by atoms with Gasteiger partial charge in [0.15, 0.2) is 30.0 Å². The van der Waals surface area contributed by atoms with Gasteiger partial charge in [-0.15, -0.1) is 0 Å². The maximum Gasteiger partial charge on any atom is 0.332 e. The quantitative estimate of drug-likeness (QED) is 0.161. The first-order chi connectivity index (χ1) is 22.9. The van der Waals surface area contributed by atoms with E-state index in [-0.39, 0.29) is 24.5 Å². The van der Waals surface area contributed by atoms with E-state index in [0.29, 0.717) is 0 Å². The van der Waals surface area contributed by atoms with E-state index < -0.39 is 114 Å². The average molecular weight is 697 g/mol. The summed E-state index contributed by atoms with van der Waals surface area (Å²) in [6, 6.07) is 0. The summed E-state index contributed by atoms with van der Waals surface area (Å²) in [5.74, 6) is -8.62. The zero-order valence-electron chi connectivity index (χ0n) is 28.4. The van der Waals surface area contributed by atoms with Gasteiger partial charge in [-0.1, -0.05) is 26.8 Å². The summed E-state index contributed by atoms with van der Waals surface area (Å²) in [4.78, 5) is 77.8. The van der Waals surface area contributed by atoms with E-state index in [1.165, 1.54) is 32.1 Å². The van der Waals surface area contributed by atoms with Crippen LogP contribution in [0, 0.1) is 23.2 Å². The second kappa shape index (κ2) is 14.2. The number of hydrogen-bond donors (Lipinski definition) is 3. The van der Waals surface area contributed by atoms with Gasteiger partial charge in [-0.2, -0.15) is 0 Å². The zero-order chi connectivity index (χ0) is 36.6. The van der Waals surface area contributed by atoms with E-state index in [1.54, 1.807) is 13.8 Å². The number of carbonyl (C=O) groups is 6. The molecule has 0 radical (unpaired) electrons. The van der Waals surface area contributed by atoms with E-state index in [2.05, 4.69) is 0 Å². The fourth-order valence-electron chi connectivity index (χ4n) is 7.46. The van der Waals surface area contributed by atoms with Crippen LogP contribution in [0.4, 0.5) is 0 Å². The number of aliphatic hydroxyl groups is 3. The van der Waals surface area contributed by atoms with Gasteiger partial charge in [0.1, 0.15) is 24.4 Å². The zero-order valence-corrected chi connectivity index (χ0v) is 28.4. The Bertz CT molecular complexity index is 1410. The van der Waals surface area contributed by atoms with Gasteiger partial charge in [0, 0.05) is 33.1 Å². The predicted molar refractivity (Wildman–Crippen MR) is 162 cm³/mol. The lowest BCUT2D eigenvalue weighted by atomic mass is 9.51. The van der Waals surface area contributed by atoms with E-state index in [9.17, 15) is 44.1 Å². The normalized spacial score (nSPS) is 37.9. The van der Waals surface area contributed by atoms with Crippen molar-refractivity contribution in [2.24, 2.45) is 23.2 Å². The molecule has 0 aromatic carbocycles. The van der Waals surface area contributed by atoms with Gasteiger partial charge in [0.25, 0.3) is 0 Å². The van der Waals surface area contributed by atoms with Crippen LogP contribution in [-0.4, -0.2) is 119 Å². The summed E-state index contributed by atoms with van der Waals surface area (Å²) >= 11 is 0. The molecule has 2 aliphatic heterocycles. The van der Waals surface area contributed by atoms with Crippen LogP contribution < -0.4 is 0 Å². The molecule has 2 aliphatic carbocycles. The summed E-state index contributed by atoms with van der Waals surface area (Å²) in [5, 5.41) is 32.7. The molecular formula is C33H44O16. The monoisotopic (exact) mass is 696 g/mol. The van der Waals surface area contributed by atoms with Gasteiger partial charge in [0.2, 0.25) is 0 Å². The number of rotatable bonds is 9. The van der Waals surface area contributed by atoms with Crippen molar-refractivity contribution >= 4 is 35.8 Å². The number of epoxide rings is 1. The molecule has 4 aliphatic rings. The molecule has 49 heavy (non-hydrogen) atoms. The van der Waals surface area contributed by atoms with Crippen LogP contribution in [0.2, 0.25) is 0 Å². The van der Waals surface area contributed by atoms with Crippen molar-refractivity contribution in [3.63, 3.8) is 0 Å². The van der Waals surface area contributed by atoms with Crippen LogP contribution in [-0.2, 0) is 61.9 Å². The van der Waals surface area contributed by atoms with Gasteiger partial charge in [-0.25, -0.2) is 4.79 Å². The molecule has 16 heteroatoms. The Kier molecular flexibility index (Phi) is 11.0. The van der Waals surface area contributed by atoms with Crippen LogP contribution in [0.15, 0.2) is 23.8 Å². The SMILES string of the molecule is CC(=O)OC1C(OC(=O)CC(C)C)C2(CO2)C2C(OC(C)=O)C3(O)C(C=C(CO)C=CC(OC(=O)CO)C2(C)C1OC(C)=O)OC(=O)C3C. The van der Waals surface area contributed by atoms with Crippen LogP contribution >= 0.6 is 0 Å². The molecule has 11 unspecified atom stereocenters. The third-order valence-electron chi connectivity index (χ3n) is 9.63. The van der Waals surface area contributed by atoms with Gasteiger partial charge in [0.05, 0.1) is 24.5 Å². The Balaban J connectivity index is 2.15. The molecule has 11 atom stereocenters. The largest absolute Gasteiger partial charge is 0.459 e. The maximum atomic E-state index is 13.3. The lowest BCUT2D eigenvalue weighted by molar-refractivity contribution is -0.279. The number of aliphatic hydroxyl groups excluding tert-OH is 2. The lowest BCUT2D eigenvalue weighted by Crippen LogP contribution is -2.76. The second-order valence-electron chi connectivity index (χ2n) is 13.5.